The molecule has 8 nitrogen and oxygen atoms in total. The van der Waals surface area contributed by atoms with E-state index < -0.39 is 19.9 Å². The quantitative estimate of drug-likeness (QED) is 0.213. The molecule has 0 amide bonds. The Kier molecular flexibility index (Phi) is 7.33. The lowest BCUT2D eigenvalue weighted by Crippen LogP contribution is -2.17. The first-order chi connectivity index (χ1) is 17.5. The van der Waals surface area contributed by atoms with Crippen molar-refractivity contribution in [3.05, 3.63) is 114 Å². The minimum atomic E-state index is -4.25. The monoisotopic (exact) mass is 535 g/mol. The second-order valence-corrected chi connectivity index (χ2v) is 11.9. The SMILES string of the molecule is CS(=O)(=O)c1ccccc1S(=O)(=O)Nc1ccc(N)c(C(=N)c2cccc(OCc3ccccc3)c2)c1. The van der Waals surface area contributed by atoms with Crippen molar-refractivity contribution in [1.29, 1.82) is 5.41 Å². The predicted molar refractivity (Wildman–Crippen MR) is 144 cm³/mol. The molecule has 4 rings (SSSR count). The van der Waals surface area contributed by atoms with Crippen molar-refractivity contribution in [3.8, 4) is 5.75 Å². The lowest BCUT2D eigenvalue weighted by molar-refractivity contribution is 0.306. The number of hydrogen-bond donors (Lipinski definition) is 3. The van der Waals surface area contributed by atoms with E-state index in [0.717, 1.165) is 11.8 Å². The summed E-state index contributed by atoms with van der Waals surface area (Å²) in [6.07, 6.45) is 0.946. The average molecular weight is 536 g/mol. The largest absolute Gasteiger partial charge is 0.489 e. The molecule has 4 aromatic rings. The fourth-order valence-electron chi connectivity index (χ4n) is 3.66. The van der Waals surface area contributed by atoms with E-state index in [1.807, 2.05) is 30.3 Å². The molecule has 0 aromatic heterocycles. The Balaban J connectivity index is 1.59. The predicted octanol–water partition coefficient (Wildman–Crippen LogP) is 4.47. The van der Waals surface area contributed by atoms with Crippen LogP contribution in [-0.4, -0.2) is 28.8 Å². The maximum atomic E-state index is 13.1. The molecule has 0 heterocycles. The van der Waals surface area contributed by atoms with Gasteiger partial charge in [-0.05, 0) is 48.0 Å². The molecule has 4 aromatic carbocycles. The molecule has 4 N–H and O–H groups in total. The van der Waals surface area contributed by atoms with Gasteiger partial charge in [0.15, 0.2) is 9.84 Å². The van der Waals surface area contributed by atoms with Crippen LogP contribution >= 0.6 is 0 Å². The van der Waals surface area contributed by atoms with Gasteiger partial charge in [0.25, 0.3) is 10.0 Å². The van der Waals surface area contributed by atoms with Crippen LogP contribution in [0.4, 0.5) is 11.4 Å². The maximum Gasteiger partial charge on any atom is 0.263 e. The highest BCUT2D eigenvalue weighted by molar-refractivity contribution is 7.95. The van der Waals surface area contributed by atoms with E-state index >= 15 is 0 Å². The van der Waals surface area contributed by atoms with Crippen molar-refractivity contribution in [3.63, 3.8) is 0 Å². The maximum absolute atomic E-state index is 13.1. The number of sulfone groups is 1. The summed E-state index contributed by atoms with van der Waals surface area (Å²) >= 11 is 0. The number of nitrogens with one attached hydrogen (secondary N) is 2. The third kappa shape index (κ3) is 6.16. The summed E-state index contributed by atoms with van der Waals surface area (Å²) in [5, 5.41) is 8.72. The lowest BCUT2D eigenvalue weighted by atomic mass is 10.00. The summed E-state index contributed by atoms with van der Waals surface area (Å²) in [4.78, 5) is -0.674. The van der Waals surface area contributed by atoms with Crippen LogP contribution in [-0.2, 0) is 26.5 Å². The standard InChI is InChI=1S/C27H25N3O5S2/c1-36(31,32)25-12-5-6-13-26(25)37(33,34)30-21-14-15-24(28)23(17-21)27(29)20-10-7-11-22(16-20)35-18-19-8-3-2-4-9-19/h2-17,29-30H,18,28H2,1H3. The zero-order chi connectivity index (χ0) is 26.6. The van der Waals surface area contributed by atoms with Crippen LogP contribution in [0, 0.1) is 5.41 Å². The molecule has 0 atom stereocenters. The van der Waals surface area contributed by atoms with E-state index in [4.69, 9.17) is 15.9 Å². The molecule has 10 heteroatoms. The third-order valence-electron chi connectivity index (χ3n) is 5.48. The van der Waals surface area contributed by atoms with Gasteiger partial charge in [0, 0.05) is 28.8 Å². The van der Waals surface area contributed by atoms with Gasteiger partial charge in [-0.1, -0.05) is 54.6 Å². The van der Waals surface area contributed by atoms with Gasteiger partial charge in [0.1, 0.15) is 17.3 Å². The van der Waals surface area contributed by atoms with Crippen LogP contribution in [0.1, 0.15) is 16.7 Å². The molecule has 190 valence electrons. The molecule has 0 saturated carbocycles. The molecule has 0 bridgehead atoms. The Bertz CT molecular complexity index is 1670. The zero-order valence-corrected chi connectivity index (χ0v) is 21.5. The second-order valence-electron chi connectivity index (χ2n) is 8.30. The third-order valence-corrected chi connectivity index (χ3v) is 8.21. The van der Waals surface area contributed by atoms with Crippen molar-refractivity contribution < 1.29 is 21.6 Å². The Morgan fingerprint density at radius 3 is 2.22 bits per heavy atom. The molecule has 0 radical (unpaired) electrons. The van der Waals surface area contributed by atoms with Gasteiger partial charge in [-0.25, -0.2) is 16.8 Å². The second kappa shape index (κ2) is 10.5. The zero-order valence-electron chi connectivity index (χ0n) is 19.9. The molecule has 37 heavy (non-hydrogen) atoms. The highest BCUT2D eigenvalue weighted by atomic mass is 32.2. The Labute approximate surface area is 216 Å². The van der Waals surface area contributed by atoms with Gasteiger partial charge in [0.2, 0.25) is 0 Å². The van der Waals surface area contributed by atoms with Gasteiger partial charge in [-0.3, -0.25) is 10.1 Å². The van der Waals surface area contributed by atoms with Gasteiger partial charge < -0.3 is 10.5 Å². The van der Waals surface area contributed by atoms with Gasteiger partial charge in [0.05, 0.1) is 10.6 Å². The van der Waals surface area contributed by atoms with E-state index in [0.29, 0.717) is 23.5 Å². The number of nitrogen functional groups attached to an aromatic ring is 1. The molecule has 0 fully saturated rings. The Morgan fingerprint density at radius 2 is 1.51 bits per heavy atom. The summed E-state index contributed by atoms with van der Waals surface area (Å²) in [6, 6.07) is 26.4. The van der Waals surface area contributed by atoms with Crippen LogP contribution in [0.3, 0.4) is 0 Å². The number of hydrogen-bond acceptors (Lipinski definition) is 7. The highest BCUT2D eigenvalue weighted by Gasteiger charge is 2.24. The van der Waals surface area contributed by atoms with Crippen LogP contribution in [0.15, 0.2) is 107 Å². The fourth-order valence-corrected chi connectivity index (χ4v) is 6.34. The molecule has 0 unspecified atom stereocenters. The van der Waals surface area contributed by atoms with Crippen molar-refractivity contribution in [2.75, 3.05) is 16.7 Å². The average Bonchev–Trinajstić information content (AvgIpc) is 2.88. The van der Waals surface area contributed by atoms with E-state index in [2.05, 4.69) is 4.72 Å². The minimum absolute atomic E-state index is 0.0697. The number of rotatable bonds is 9. The molecule has 0 aliphatic rings. The van der Waals surface area contributed by atoms with Crippen molar-refractivity contribution in [2.45, 2.75) is 16.4 Å². The van der Waals surface area contributed by atoms with Gasteiger partial charge in [-0.15, -0.1) is 0 Å². The highest BCUT2D eigenvalue weighted by Crippen LogP contribution is 2.27. The van der Waals surface area contributed by atoms with Crippen molar-refractivity contribution in [2.24, 2.45) is 0 Å². The first-order valence-electron chi connectivity index (χ1n) is 11.1. The minimum Gasteiger partial charge on any atom is -0.489 e. The first kappa shape index (κ1) is 25.9. The molecule has 0 aliphatic heterocycles. The summed E-state index contributed by atoms with van der Waals surface area (Å²) in [5.41, 5.74) is 8.44. The molecular weight excluding hydrogens is 510 g/mol. The van der Waals surface area contributed by atoms with Crippen molar-refractivity contribution in [1.82, 2.24) is 0 Å². The van der Waals surface area contributed by atoms with Crippen LogP contribution in [0.25, 0.3) is 0 Å². The number of sulfonamides is 1. The molecule has 0 spiro atoms. The normalized spacial score (nSPS) is 11.6. The Morgan fingerprint density at radius 1 is 0.838 bits per heavy atom. The van der Waals surface area contributed by atoms with Crippen molar-refractivity contribution >= 4 is 36.9 Å². The fraction of sp³-hybridized carbons (Fsp3) is 0.0741. The number of ether oxygens (including phenoxy) is 1. The van der Waals surface area contributed by atoms with E-state index in [1.165, 1.54) is 42.5 Å². The van der Waals surface area contributed by atoms with E-state index in [1.54, 1.807) is 24.3 Å². The summed E-state index contributed by atoms with van der Waals surface area (Å²) in [5.74, 6) is 0.568. The summed E-state index contributed by atoms with van der Waals surface area (Å²) < 4.78 is 58.6. The van der Waals surface area contributed by atoms with Gasteiger partial charge >= 0.3 is 0 Å². The molecule has 0 saturated heterocycles. The smallest absolute Gasteiger partial charge is 0.263 e. The van der Waals surface area contributed by atoms with E-state index in [-0.39, 0.29) is 26.9 Å². The topological polar surface area (TPSA) is 139 Å². The molecule has 0 aliphatic carbocycles. The summed E-state index contributed by atoms with van der Waals surface area (Å²) in [7, 11) is -8.03. The number of anilines is 2. The van der Waals surface area contributed by atoms with Crippen LogP contribution < -0.4 is 15.2 Å². The van der Waals surface area contributed by atoms with E-state index in [9.17, 15) is 16.8 Å². The van der Waals surface area contributed by atoms with Gasteiger partial charge in [-0.2, -0.15) is 0 Å². The Hall–Kier alpha value is -4.15. The van der Waals surface area contributed by atoms with Crippen LogP contribution in [0.2, 0.25) is 0 Å². The molecular formula is C27H25N3O5S2. The number of benzene rings is 4. The first-order valence-corrected chi connectivity index (χ1v) is 14.5. The summed E-state index contributed by atoms with van der Waals surface area (Å²) in [6.45, 7) is 0.367. The number of nitrogens with two attached hydrogens (primary N) is 1. The lowest BCUT2D eigenvalue weighted by Gasteiger charge is -2.14. The van der Waals surface area contributed by atoms with Crippen LogP contribution in [0.5, 0.6) is 5.75 Å².